The Labute approximate surface area is 173 Å². The number of hydrogen-bond acceptors (Lipinski definition) is 6. The normalized spacial score (nSPS) is 12.1. The highest BCUT2D eigenvalue weighted by Crippen LogP contribution is 2.14. The number of amides is 1. The van der Waals surface area contributed by atoms with E-state index in [9.17, 15) is 9.90 Å². The lowest BCUT2D eigenvalue weighted by Crippen LogP contribution is -2.32. The lowest BCUT2D eigenvalue weighted by atomic mass is 10.1. The Hall–Kier alpha value is -2.29. The van der Waals surface area contributed by atoms with E-state index < -0.39 is 5.60 Å². The Bertz CT molecular complexity index is 800. The molecule has 2 rings (SSSR count). The van der Waals surface area contributed by atoms with Gasteiger partial charge in [0.2, 0.25) is 0 Å². The number of aliphatic hydroxyl groups is 1. The molecule has 1 aromatic heterocycles. The fraction of sp³-hybridized carbons (Fsp3) is 0.350. The van der Waals surface area contributed by atoms with Crippen molar-refractivity contribution in [2.75, 3.05) is 19.8 Å². The monoisotopic (exact) mass is 448 g/mol. The Balaban J connectivity index is 1.89. The Morgan fingerprint density at radius 1 is 1.25 bits per heavy atom. The highest BCUT2D eigenvalue weighted by molar-refractivity contribution is 9.10. The van der Waals surface area contributed by atoms with Crippen LogP contribution in [0.1, 0.15) is 30.8 Å². The van der Waals surface area contributed by atoms with E-state index in [0.29, 0.717) is 6.42 Å². The van der Waals surface area contributed by atoms with Crippen molar-refractivity contribution in [2.24, 2.45) is 5.73 Å². The first kappa shape index (κ1) is 22.0. The number of benzene rings is 1. The molecule has 150 valence electrons. The highest BCUT2D eigenvalue weighted by Gasteiger charge is 2.15. The lowest BCUT2D eigenvalue weighted by molar-refractivity contribution is -0.116. The lowest BCUT2D eigenvalue weighted by Gasteiger charge is -2.17. The third-order valence-electron chi connectivity index (χ3n) is 3.67. The first-order valence-electron chi connectivity index (χ1n) is 8.84. The fourth-order valence-electron chi connectivity index (χ4n) is 2.33. The molecule has 0 bridgehead atoms. The summed E-state index contributed by atoms with van der Waals surface area (Å²) < 4.78 is 6.32. The molecule has 28 heavy (non-hydrogen) atoms. The van der Waals surface area contributed by atoms with Crippen LogP contribution in [0.4, 0.5) is 0 Å². The number of rotatable bonds is 9. The molecule has 0 radical (unpaired) electrons. The van der Waals surface area contributed by atoms with Crippen molar-refractivity contribution in [2.45, 2.75) is 25.9 Å². The van der Waals surface area contributed by atoms with Crippen LogP contribution in [0.5, 0.6) is 0 Å². The van der Waals surface area contributed by atoms with Gasteiger partial charge in [-0.1, -0.05) is 28.1 Å². The minimum absolute atomic E-state index is 0.186. The first-order valence-corrected chi connectivity index (χ1v) is 9.64. The molecule has 7 nitrogen and oxygen atoms in total. The number of carbonyl (C=O) groups excluding carboxylic acids is 1. The van der Waals surface area contributed by atoms with E-state index in [4.69, 9.17) is 10.5 Å². The van der Waals surface area contributed by atoms with Gasteiger partial charge in [0.05, 0.1) is 24.4 Å². The van der Waals surface area contributed by atoms with Gasteiger partial charge in [-0.15, -0.1) is 0 Å². The van der Waals surface area contributed by atoms with Gasteiger partial charge in [0.25, 0.3) is 5.91 Å². The second-order valence-corrected chi connectivity index (χ2v) is 7.84. The molecule has 0 fully saturated rings. The highest BCUT2D eigenvalue weighted by atomic mass is 79.9. The molecule has 0 saturated carbocycles. The number of nitrogens with one attached hydrogen (secondary N) is 1. The van der Waals surface area contributed by atoms with E-state index in [0.717, 1.165) is 15.6 Å². The number of hydrogen-bond donors (Lipinski definition) is 3. The summed E-state index contributed by atoms with van der Waals surface area (Å²) in [6.45, 7) is 4.05. The summed E-state index contributed by atoms with van der Waals surface area (Å²) in [6.07, 6.45) is 5.26. The summed E-state index contributed by atoms with van der Waals surface area (Å²) in [5.41, 5.74) is 6.96. The van der Waals surface area contributed by atoms with E-state index >= 15 is 0 Å². The SMILES string of the molecule is CC(C)(O)COCCNC(=O)C(=CN)c1ncc(Cc2ccc(Br)cc2)cn1. The van der Waals surface area contributed by atoms with Crippen LogP contribution >= 0.6 is 15.9 Å². The van der Waals surface area contributed by atoms with Crippen molar-refractivity contribution in [1.82, 2.24) is 15.3 Å². The van der Waals surface area contributed by atoms with Gasteiger partial charge in [0.15, 0.2) is 5.82 Å². The number of nitrogens with zero attached hydrogens (tertiary/aromatic N) is 2. The molecule has 1 aromatic carbocycles. The number of ether oxygens (including phenoxy) is 1. The summed E-state index contributed by atoms with van der Waals surface area (Å²) in [6, 6.07) is 8.01. The molecule has 0 aliphatic carbocycles. The van der Waals surface area contributed by atoms with Crippen LogP contribution in [0.15, 0.2) is 47.3 Å². The molecule has 0 saturated heterocycles. The van der Waals surface area contributed by atoms with Crippen LogP contribution < -0.4 is 11.1 Å². The maximum Gasteiger partial charge on any atom is 0.256 e. The molecular formula is C20H25BrN4O3. The number of aromatic nitrogens is 2. The number of halogens is 1. The maximum atomic E-state index is 12.3. The van der Waals surface area contributed by atoms with Gasteiger partial charge in [-0.2, -0.15) is 0 Å². The van der Waals surface area contributed by atoms with Crippen LogP contribution in [0, 0.1) is 0 Å². The molecule has 0 aliphatic heterocycles. The average Bonchev–Trinajstić information content (AvgIpc) is 2.64. The Morgan fingerprint density at radius 3 is 2.46 bits per heavy atom. The van der Waals surface area contributed by atoms with E-state index in [1.54, 1.807) is 26.2 Å². The minimum Gasteiger partial charge on any atom is -0.404 e. The van der Waals surface area contributed by atoms with Crippen LogP contribution in [-0.4, -0.2) is 46.3 Å². The van der Waals surface area contributed by atoms with E-state index in [2.05, 4.69) is 31.2 Å². The third-order valence-corrected chi connectivity index (χ3v) is 4.19. The summed E-state index contributed by atoms with van der Waals surface area (Å²) >= 11 is 3.41. The van der Waals surface area contributed by atoms with Gasteiger partial charge in [0, 0.05) is 36.0 Å². The van der Waals surface area contributed by atoms with Gasteiger partial charge in [-0.05, 0) is 37.1 Å². The van der Waals surface area contributed by atoms with Gasteiger partial charge >= 0.3 is 0 Å². The fourth-order valence-corrected chi connectivity index (χ4v) is 2.59. The number of carbonyl (C=O) groups is 1. The predicted octanol–water partition coefficient (Wildman–Crippen LogP) is 2.03. The largest absolute Gasteiger partial charge is 0.404 e. The Kier molecular flexibility index (Phi) is 8.10. The summed E-state index contributed by atoms with van der Waals surface area (Å²) in [7, 11) is 0. The first-order chi connectivity index (χ1) is 13.3. The molecule has 0 unspecified atom stereocenters. The molecule has 0 aliphatic rings. The quantitative estimate of drug-likeness (QED) is 0.399. The molecular weight excluding hydrogens is 424 g/mol. The van der Waals surface area contributed by atoms with Crippen molar-refractivity contribution < 1.29 is 14.6 Å². The maximum absolute atomic E-state index is 12.3. The topological polar surface area (TPSA) is 110 Å². The van der Waals surface area contributed by atoms with Gasteiger partial charge < -0.3 is 20.9 Å². The third kappa shape index (κ3) is 7.38. The Morgan fingerprint density at radius 2 is 1.89 bits per heavy atom. The zero-order valence-electron chi connectivity index (χ0n) is 16.0. The molecule has 0 spiro atoms. The molecule has 1 amide bonds. The summed E-state index contributed by atoms with van der Waals surface area (Å²) in [5, 5.41) is 12.3. The van der Waals surface area contributed by atoms with Crippen molar-refractivity contribution in [3.63, 3.8) is 0 Å². The van der Waals surface area contributed by atoms with Crippen LogP contribution in [0.2, 0.25) is 0 Å². The van der Waals surface area contributed by atoms with E-state index in [-0.39, 0.29) is 37.1 Å². The van der Waals surface area contributed by atoms with Crippen molar-refractivity contribution in [1.29, 1.82) is 0 Å². The van der Waals surface area contributed by atoms with Crippen LogP contribution in [0.3, 0.4) is 0 Å². The van der Waals surface area contributed by atoms with Gasteiger partial charge in [-0.25, -0.2) is 9.97 Å². The standard InChI is InChI=1S/C20H25BrN4O3/c1-20(2,27)13-28-8-7-23-19(26)17(10-22)18-24-11-15(12-25-18)9-14-3-5-16(21)6-4-14/h3-6,10-12,27H,7-9,13,22H2,1-2H3,(H,23,26). The second-order valence-electron chi connectivity index (χ2n) is 6.92. The molecule has 8 heteroatoms. The van der Waals surface area contributed by atoms with Crippen molar-refractivity contribution >= 4 is 27.4 Å². The molecule has 2 aromatic rings. The molecule has 4 N–H and O–H groups in total. The summed E-state index contributed by atoms with van der Waals surface area (Å²) in [5.74, 6) is -0.119. The summed E-state index contributed by atoms with van der Waals surface area (Å²) in [4.78, 5) is 20.8. The smallest absolute Gasteiger partial charge is 0.256 e. The zero-order chi connectivity index (χ0) is 20.6. The average molecular weight is 449 g/mol. The minimum atomic E-state index is -0.905. The van der Waals surface area contributed by atoms with E-state index in [1.165, 1.54) is 6.20 Å². The molecule has 0 atom stereocenters. The zero-order valence-corrected chi connectivity index (χ0v) is 17.6. The van der Waals surface area contributed by atoms with E-state index in [1.807, 2.05) is 24.3 Å². The predicted molar refractivity (Wildman–Crippen MR) is 111 cm³/mol. The van der Waals surface area contributed by atoms with Crippen LogP contribution in [0.25, 0.3) is 5.57 Å². The second kappa shape index (κ2) is 10.3. The molecule has 1 heterocycles. The number of nitrogens with two attached hydrogens (primary N) is 1. The van der Waals surface area contributed by atoms with Crippen LogP contribution in [-0.2, 0) is 16.0 Å². The van der Waals surface area contributed by atoms with Crippen molar-refractivity contribution in [3.05, 3.63) is 64.3 Å². The van der Waals surface area contributed by atoms with Gasteiger partial charge in [-0.3, -0.25) is 4.79 Å². The van der Waals surface area contributed by atoms with Gasteiger partial charge in [0.1, 0.15) is 0 Å². The van der Waals surface area contributed by atoms with Crippen molar-refractivity contribution in [3.8, 4) is 0 Å².